The lowest BCUT2D eigenvalue weighted by atomic mass is 10.2. The van der Waals surface area contributed by atoms with Crippen molar-refractivity contribution in [2.45, 2.75) is 19.1 Å². The first-order valence-electron chi connectivity index (χ1n) is 5.61. The van der Waals surface area contributed by atoms with Gasteiger partial charge < -0.3 is 15.2 Å². The minimum absolute atomic E-state index is 0.284. The van der Waals surface area contributed by atoms with Crippen molar-refractivity contribution in [3.05, 3.63) is 24.0 Å². The number of rotatable bonds is 7. The largest absolute Gasteiger partial charge is 0.497 e. The first kappa shape index (κ1) is 14.8. The molecule has 1 amide bonds. The van der Waals surface area contributed by atoms with Gasteiger partial charge in [0.25, 0.3) is 0 Å². The monoisotopic (exact) mass is 270 g/mol. The molecule has 0 bridgehead atoms. The summed E-state index contributed by atoms with van der Waals surface area (Å²) in [6.07, 6.45) is 3.05. The minimum atomic E-state index is -0.956. The lowest BCUT2D eigenvalue weighted by Crippen LogP contribution is -2.34. The molecule has 0 saturated carbocycles. The van der Waals surface area contributed by atoms with Crippen LogP contribution in [0.5, 0.6) is 5.75 Å². The molecule has 0 aliphatic heterocycles. The van der Waals surface area contributed by atoms with E-state index in [2.05, 4.69) is 10.3 Å². The summed E-state index contributed by atoms with van der Waals surface area (Å²) >= 11 is 1.60. The molecular formula is C12H18N2O3S. The normalized spacial score (nSPS) is 11.9. The highest BCUT2D eigenvalue weighted by molar-refractivity contribution is 7.98. The number of amides is 1. The van der Waals surface area contributed by atoms with Crippen molar-refractivity contribution in [1.82, 2.24) is 10.3 Å². The van der Waals surface area contributed by atoms with Gasteiger partial charge in [0, 0.05) is 12.3 Å². The van der Waals surface area contributed by atoms with E-state index in [-0.39, 0.29) is 12.5 Å². The van der Waals surface area contributed by atoms with E-state index in [1.165, 1.54) is 0 Å². The van der Waals surface area contributed by atoms with Crippen LogP contribution in [0.1, 0.15) is 12.1 Å². The van der Waals surface area contributed by atoms with Gasteiger partial charge >= 0.3 is 0 Å². The van der Waals surface area contributed by atoms with Crippen LogP contribution in [0.3, 0.4) is 0 Å². The van der Waals surface area contributed by atoms with E-state index in [0.29, 0.717) is 17.9 Å². The Balaban J connectivity index is 2.41. The third kappa shape index (κ3) is 4.93. The number of carbonyl (C=O) groups excluding carboxylic acids is 1. The van der Waals surface area contributed by atoms with Gasteiger partial charge in [0.05, 0.1) is 19.3 Å². The fourth-order valence-electron chi connectivity index (χ4n) is 1.34. The second-order valence-electron chi connectivity index (χ2n) is 3.70. The molecule has 2 N–H and O–H groups in total. The topological polar surface area (TPSA) is 71.5 Å². The Morgan fingerprint density at radius 3 is 3.11 bits per heavy atom. The number of ether oxygens (including phenoxy) is 1. The predicted octanol–water partition coefficient (Wildman–Crippen LogP) is 0.820. The van der Waals surface area contributed by atoms with Crippen molar-refractivity contribution in [2.75, 3.05) is 19.1 Å². The maximum absolute atomic E-state index is 11.5. The van der Waals surface area contributed by atoms with Crippen molar-refractivity contribution in [2.24, 2.45) is 0 Å². The quantitative estimate of drug-likeness (QED) is 0.767. The third-order valence-corrected chi connectivity index (χ3v) is 3.01. The van der Waals surface area contributed by atoms with Crippen LogP contribution in [0, 0.1) is 0 Å². The molecule has 0 saturated heterocycles. The molecule has 0 aliphatic carbocycles. The number of nitrogens with zero attached hydrogens (tertiary/aromatic N) is 1. The number of aliphatic hydroxyl groups is 1. The van der Waals surface area contributed by atoms with Crippen molar-refractivity contribution in [3.63, 3.8) is 0 Å². The number of hydrogen-bond acceptors (Lipinski definition) is 5. The number of aliphatic hydroxyl groups excluding tert-OH is 1. The highest BCUT2D eigenvalue weighted by Gasteiger charge is 2.13. The standard InChI is InChI=1S/C12H18N2O3S/c1-17-10-3-5-13-9(7-10)8-14-12(16)11(15)4-6-18-2/h3,5,7,11,15H,4,6,8H2,1-2H3,(H,14,16)/t11-/m1/s1. The van der Waals surface area contributed by atoms with E-state index >= 15 is 0 Å². The van der Waals surface area contributed by atoms with E-state index in [1.807, 2.05) is 6.26 Å². The maximum atomic E-state index is 11.5. The van der Waals surface area contributed by atoms with Crippen LogP contribution >= 0.6 is 11.8 Å². The molecule has 0 fully saturated rings. The number of carbonyl (C=O) groups is 1. The smallest absolute Gasteiger partial charge is 0.249 e. The Morgan fingerprint density at radius 2 is 2.44 bits per heavy atom. The molecule has 1 aromatic rings. The third-order valence-electron chi connectivity index (χ3n) is 2.37. The number of thioether (sulfide) groups is 1. The predicted molar refractivity (Wildman–Crippen MR) is 71.6 cm³/mol. The molecule has 18 heavy (non-hydrogen) atoms. The summed E-state index contributed by atoms with van der Waals surface area (Å²) in [5, 5.41) is 12.2. The van der Waals surface area contributed by atoms with Gasteiger partial charge in [-0.25, -0.2) is 0 Å². The lowest BCUT2D eigenvalue weighted by Gasteiger charge is -2.10. The fraction of sp³-hybridized carbons (Fsp3) is 0.500. The number of methoxy groups -OCH3 is 1. The number of aromatic nitrogens is 1. The minimum Gasteiger partial charge on any atom is -0.497 e. The Hall–Kier alpha value is -1.27. The van der Waals surface area contributed by atoms with Crippen LogP contribution in [-0.2, 0) is 11.3 Å². The Labute approximate surface area is 111 Å². The molecule has 1 atom stereocenters. The zero-order chi connectivity index (χ0) is 13.4. The van der Waals surface area contributed by atoms with Crippen LogP contribution in [0.25, 0.3) is 0 Å². The van der Waals surface area contributed by atoms with Crippen LogP contribution in [-0.4, -0.2) is 41.2 Å². The lowest BCUT2D eigenvalue weighted by molar-refractivity contribution is -0.129. The molecule has 5 nitrogen and oxygen atoms in total. The van der Waals surface area contributed by atoms with Gasteiger partial charge in [-0.3, -0.25) is 9.78 Å². The maximum Gasteiger partial charge on any atom is 0.249 e. The molecule has 0 aromatic carbocycles. The molecule has 6 heteroatoms. The average molecular weight is 270 g/mol. The van der Waals surface area contributed by atoms with E-state index in [1.54, 1.807) is 37.2 Å². The summed E-state index contributed by atoms with van der Waals surface area (Å²) < 4.78 is 5.06. The van der Waals surface area contributed by atoms with Crippen LogP contribution in [0.2, 0.25) is 0 Å². The molecule has 100 valence electrons. The second-order valence-corrected chi connectivity index (χ2v) is 4.69. The van der Waals surface area contributed by atoms with E-state index in [4.69, 9.17) is 4.74 Å². The van der Waals surface area contributed by atoms with Gasteiger partial charge in [0.2, 0.25) is 5.91 Å². The van der Waals surface area contributed by atoms with Crippen molar-refractivity contribution < 1.29 is 14.6 Å². The van der Waals surface area contributed by atoms with Gasteiger partial charge in [0.15, 0.2) is 0 Å². The number of hydrogen-bond donors (Lipinski definition) is 2. The van der Waals surface area contributed by atoms with Gasteiger partial charge in [-0.05, 0) is 24.5 Å². The molecule has 1 rings (SSSR count). The zero-order valence-corrected chi connectivity index (χ0v) is 11.4. The zero-order valence-electron chi connectivity index (χ0n) is 10.5. The highest BCUT2D eigenvalue weighted by Crippen LogP contribution is 2.09. The number of nitrogens with one attached hydrogen (secondary N) is 1. The first-order chi connectivity index (χ1) is 8.67. The molecular weight excluding hydrogens is 252 g/mol. The van der Waals surface area contributed by atoms with Crippen molar-refractivity contribution >= 4 is 17.7 Å². The van der Waals surface area contributed by atoms with Gasteiger partial charge in [-0.2, -0.15) is 11.8 Å². The van der Waals surface area contributed by atoms with Gasteiger partial charge in [-0.15, -0.1) is 0 Å². The summed E-state index contributed by atoms with van der Waals surface area (Å²) in [6.45, 7) is 0.284. The number of pyridine rings is 1. The Bertz CT molecular complexity index is 387. The van der Waals surface area contributed by atoms with Crippen LogP contribution in [0.15, 0.2) is 18.3 Å². The highest BCUT2D eigenvalue weighted by atomic mass is 32.2. The van der Waals surface area contributed by atoms with E-state index < -0.39 is 6.10 Å². The van der Waals surface area contributed by atoms with Crippen LogP contribution < -0.4 is 10.1 Å². The van der Waals surface area contributed by atoms with E-state index in [0.717, 1.165) is 5.75 Å². The average Bonchev–Trinajstić information content (AvgIpc) is 2.42. The molecule has 0 radical (unpaired) electrons. The fourth-order valence-corrected chi connectivity index (χ4v) is 1.79. The van der Waals surface area contributed by atoms with Crippen LogP contribution in [0.4, 0.5) is 0 Å². The summed E-state index contributed by atoms with van der Waals surface area (Å²) in [5.74, 6) is 1.08. The molecule has 0 aliphatic rings. The molecule has 1 aromatic heterocycles. The molecule has 0 unspecified atom stereocenters. The SMILES string of the molecule is COc1ccnc(CNC(=O)[C@H](O)CCSC)c1. The summed E-state index contributed by atoms with van der Waals surface area (Å²) in [6, 6.07) is 3.48. The Morgan fingerprint density at radius 1 is 1.67 bits per heavy atom. The summed E-state index contributed by atoms with van der Waals surface area (Å²) in [7, 11) is 1.57. The summed E-state index contributed by atoms with van der Waals surface area (Å²) in [4.78, 5) is 15.6. The van der Waals surface area contributed by atoms with Crippen molar-refractivity contribution in [1.29, 1.82) is 0 Å². The van der Waals surface area contributed by atoms with E-state index in [9.17, 15) is 9.90 Å². The summed E-state index contributed by atoms with van der Waals surface area (Å²) in [5.41, 5.74) is 0.694. The van der Waals surface area contributed by atoms with Gasteiger partial charge in [0.1, 0.15) is 11.9 Å². The molecule has 0 spiro atoms. The Kier molecular flexibility index (Phi) is 6.53. The second kappa shape index (κ2) is 7.94. The van der Waals surface area contributed by atoms with Gasteiger partial charge in [-0.1, -0.05) is 0 Å². The van der Waals surface area contributed by atoms with Crippen molar-refractivity contribution in [3.8, 4) is 5.75 Å². The molecule has 1 heterocycles. The first-order valence-corrected chi connectivity index (χ1v) is 7.00.